The van der Waals surface area contributed by atoms with Crippen LogP contribution in [0.2, 0.25) is 0 Å². The number of ether oxygens (including phenoxy) is 1. The van der Waals surface area contributed by atoms with Gasteiger partial charge in [-0.15, -0.1) is 0 Å². The SMILES string of the molecule is CCCNC(CCOCC(F)F)c1occc1Br. The molecule has 1 N–H and O–H groups in total. The van der Waals surface area contributed by atoms with Gasteiger partial charge in [0, 0.05) is 6.61 Å². The normalized spacial score (nSPS) is 13.2. The second-order valence-electron chi connectivity index (χ2n) is 3.89. The smallest absolute Gasteiger partial charge is 0.261 e. The third-order valence-corrected chi connectivity index (χ3v) is 3.05. The fourth-order valence-corrected chi connectivity index (χ4v) is 2.05. The topological polar surface area (TPSA) is 34.4 Å². The first-order valence-corrected chi connectivity index (χ1v) is 6.76. The van der Waals surface area contributed by atoms with Crippen molar-refractivity contribution in [1.29, 1.82) is 0 Å². The molecule has 0 fully saturated rings. The Morgan fingerprint density at radius 2 is 2.28 bits per heavy atom. The van der Waals surface area contributed by atoms with Gasteiger partial charge in [-0.05, 0) is 41.4 Å². The van der Waals surface area contributed by atoms with Crippen molar-refractivity contribution in [3.05, 3.63) is 22.6 Å². The molecule has 18 heavy (non-hydrogen) atoms. The summed E-state index contributed by atoms with van der Waals surface area (Å²) < 4.78 is 35.0. The molecule has 1 heterocycles. The molecular weight excluding hydrogens is 308 g/mol. The minimum Gasteiger partial charge on any atom is -0.466 e. The number of rotatable bonds is 9. The molecule has 0 aliphatic carbocycles. The van der Waals surface area contributed by atoms with Gasteiger partial charge in [0.1, 0.15) is 12.4 Å². The summed E-state index contributed by atoms with van der Waals surface area (Å²) in [6, 6.07) is 1.79. The summed E-state index contributed by atoms with van der Waals surface area (Å²) in [7, 11) is 0. The van der Waals surface area contributed by atoms with Crippen LogP contribution in [-0.2, 0) is 4.74 Å². The van der Waals surface area contributed by atoms with Crippen LogP contribution in [0.3, 0.4) is 0 Å². The standard InChI is InChI=1S/C12H18BrF2NO2/c1-2-5-16-10(4-6-17-8-11(14)15)12-9(13)3-7-18-12/h3,7,10-11,16H,2,4-6,8H2,1H3. The van der Waals surface area contributed by atoms with Crippen molar-refractivity contribution in [2.45, 2.75) is 32.2 Å². The second kappa shape index (κ2) is 8.61. The molecular formula is C12H18BrF2NO2. The van der Waals surface area contributed by atoms with Crippen LogP contribution in [0.1, 0.15) is 31.6 Å². The van der Waals surface area contributed by atoms with Crippen molar-refractivity contribution in [2.75, 3.05) is 19.8 Å². The Bertz CT molecular complexity index is 334. The summed E-state index contributed by atoms with van der Waals surface area (Å²) >= 11 is 3.40. The highest BCUT2D eigenvalue weighted by Crippen LogP contribution is 2.26. The van der Waals surface area contributed by atoms with Gasteiger partial charge < -0.3 is 14.5 Å². The van der Waals surface area contributed by atoms with E-state index in [0.29, 0.717) is 6.42 Å². The minimum absolute atomic E-state index is 0.0213. The molecule has 3 nitrogen and oxygen atoms in total. The van der Waals surface area contributed by atoms with Crippen LogP contribution in [0.5, 0.6) is 0 Å². The van der Waals surface area contributed by atoms with E-state index in [1.807, 2.05) is 6.07 Å². The Balaban J connectivity index is 2.44. The maximum absolute atomic E-state index is 11.9. The van der Waals surface area contributed by atoms with Gasteiger partial charge in [0.15, 0.2) is 0 Å². The predicted molar refractivity (Wildman–Crippen MR) is 68.9 cm³/mol. The molecule has 0 aliphatic heterocycles. The zero-order valence-electron chi connectivity index (χ0n) is 10.3. The second-order valence-corrected chi connectivity index (χ2v) is 4.75. The molecule has 104 valence electrons. The van der Waals surface area contributed by atoms with Crippen molar-refractivity contribution in [2.24, 2.45) is 0 Å². The van der Waals surface area contributed by atoms with E-state index in [1.54, 1.807) is 6.26 Å². The third kappa shape index (κ3) is 5.46. The minimum atomic E-state index is -2.41. The van der Waals surface area contributed by atoms with Crippen LogP contribution in [-0.4, -0.2) is 26.2 Å². The van der Waals surface area contributed by atoms with E-state index in [0.717, 1.165) is 23.2 Å². The highest BCUT2D eigenvalue weighted by Gasteiger charge is 2.17. The van der Waals surface area contributed by atoms with E-state index < -0.39 is 13.0 Å². The molecule has 0 saturated heterocycles. The van der Waals surface area contributed by atoms with E-state index in [2.05, 4.69) is 28.2 Å². The average Bonchev–Trinajstić information content (AvgIpc) is 2.74. The number of alkyl halides is 2. The van der Waals surface area contributed by atoms with Gasteiger partial charge in [0.25, 0.3) is 6.43 Å². The number of nitrogens with one attached hydrogen (secondary N) is 1. The summed E-state index contributed by atoms with van der Waals surface area (Å²) in [6.45, 7) is 2.67. The lowest BCUT2D eigenvalue weighted by molar-refractivity contribution is 0.0138. The van der Waals surface area contributed by atoms with Crippen LogP contribution < -0.4 is 5.32 Å². The Kier molecular flexibility index (Phi) is 7.46. The largest absolute Gasteiger partial charge is 0.466 e. The van der Waals surface area contributed by atoms with Crippen LogP contribution >= 0.6 is 15.9 Å². The molecule has 0 aliphatic rings. The quantitative estimate of drug-likeness (QED) is 0.702. The summed E-state index contributed by atoms with van der Waals surface area (Å²) in [6.07, 6.45) is 0.772. The molecule has 0 spiro atoms. The Morgan fingerprint density at radius 1 is 1.50 bits per heavy atom. The number of furan rings is 1. The first-order chi connectivity index (χ1) is 8.65. The zero-order chi connectivity index (χ0) is 13.4. The van der Waals surface area contributed by atoms with Gasteiger partial charge in [0.2, 0.25) is 0 Å². The van der Waals surface area contributed by atoms with Gasteiger partial charge in [-0.2, -0.15) is 0 Å². The van der Waals surface area contributed by atoms with E-state index in [-0.39, 0.29) is 12.6 Å². The molecule has 6 heteroatoms. The van der Waals surface area contributed by atoms with Crippen molar-refractivity contribution in [3.63, 3.8) is 0 Å². The lowest BCUT2D eigenvalue weighted by Gasteiger charge is -2.16. The molecule has 1 aromatic heterocycles. The van der Waals surface area contributed by atoms with Gasteiger partial charge in [-0.3, -0.25) is 0 Å². The maximum atomic E-state index is 11.9. The Labute approximate surface area is 114 Å². The molecule has 1 aromatic rings. The Morgan fingerprint density at radius 3 is 2.83 bits per heavy atom. The first-order valence-electron chi connectivity index (χ1n) is 5.97. The summed E-state index contributed by atoms with van der Waals surface area (Å²) in [4.78, 5) is 0. The van der Waals surface area contributed by atoms with Crippen molar-refractivity contribution in [1.82, 2.24) is 5.32 Å². The number of hydrogen-bond donors (Lipinski definition) is 1. The highest BCUT2D eigenvalue weighted by atomic mass is 79.9. The molecule has 1 atom stereocenters. The van der Waals surface area contributed by atoms with Crippen LogP contribution in [0, 0.1) is 0 Å². The fourth-order valence-electron chi connectivity index (χ4n) is 1.57. The first kappa shape index (κ1) is 15.6. The van der Waals surface area contributed by atoms with Crippen LogP contribution in [0.15, 0.2) is 21.2 Å². The molecule has 1 unspecified atom stereocenters. The van der Waals surface area contributed by atoms with Crippen molar-refractivity contribution >= 4 is 15.9 Å². The van der Waals surface area contributed by atoms with Gasteiger partial charge in [0.05, 0.1) is 16.8 Å². The summed E-state index contributed by atoms with van der Waals surface area (Å²) in [5.41, 5.74) is 0. The molecule has 0 amide bonds. The molecule has 0 aromatic carbocycles. The summed E-state index contributed by atoms with van der Waals surface area (Å²) in [5, 5.41) is 3.31. The fraction of sp³-hybridized carbons (Fsp3) is 0.667. The van der Waals surface area contributed by atoms with Gasteiger partial charge in [-0.1, -0.05) is 6.92 Å². The zero-order valence-corrected chi connectivity index (χ0v) is 11.9. The average molecular weight is 326 g/mol. The lowest BCUT2D eigenvalue weighted by Crippen LogP contribution is -2.23. The summed E-state index contributed by atoms with van der Waals surface area (Å²) in [5.74, 6) is 0.782. The van der Waals surface area contributed by atoms with Crippen molar-refractivity contribution in [3.8, 4) is 0 Å². The Hall–Kier alpha value is -0.460. The number of hydrogen-bond acceptors (Lipinski definition) is 3. The lowest BCUT2D eigenvalue weighted by atomic mass is 10.1. The van der Waals surface area contributed by atoms with E-state index in [4.69, 9.17) is 9.15 Å². The van der Waals surface area contributed by atoms with Gasteiger partial charge >= 0.3 is 0 Å². The molecule has 1 rings (SSSR count). The number of halogens is 3. The maximum Gasteiger partial charge on any atom is 0.261 e. The molecule has 0 saturated carbocycles. The monoisotopic (exact) mass is 325 g/mol. The van der Waals surface area contributed by atoms with E-state index in [9.17, 15) is 8.78 Å². The predicted octanol–water partition coefficient (Wildman–Crippen LogP) is 3.75. The van der Waals surface area contributed by atoms with E-state index >= 15 is 0 Å². The van der Waals surface area contributed by atoms with Gasteiger partial charge in [-0.25, -0.2) is 8.78 Å². The molecule has 0 radical (unpaired) electrons. The molecule has 0 bridgehead atoms. The third-order valence-electron chi connectivity index (χ3n) is 2.40. The van der Waals surface area contributed by atoms with Crippen molar-refractivity contribution < 1.29 is 17.9 Å². The van der Waals surface area contributed by atoms with Crippen LogP contribution in [0.4, 0.5) is 8.78 Å². The highest BCUT2D eigenvalue weighted by molar-refractivity contribution is 9.10. The van der Waals surface area contributed by atoms with E-state index in [1.165, 1.54) is 0 Å². The van der Waals surface area contributed by atoms with Crippen LogP contribution in [0.25, 0.3) is 0 Å².